The maximum atomic E-state index is 13.3. The van der Waals surface area contributed by atoms with Crippen molar-refractivity contribution in [3.63, 3.8) is 0 Å². The summed E-state index contributed by atoms with van der Waals surface area (Å²) in [7, 11) is 0. The SMILES string of the molecule is Clc1ccccc1.OCCOc1ccc(N2CCN(C[C@@H](O)c3cc(F)cc(F)c3)CC2)c(Cl)c1. The maximum absolute atomic E-state index is 13.3. The van der Waals surface area contributed by atoms with Crippen LogP contribution in [0.1, 0.15) is 11.7 Å². The van der Waals surface area contributed by atoms with Crippen LogP contribution in [-0.4, -0.2) is 61.1 Å². The first-order valence-electron chi connectivity index (χ1n) is 11.2. The highest BCUT2D eigenvalue weighted by Crippen LogP contribution is 2.31. The van der Waals surface area contributed by atoms with E-state index < -0.39 is 17.7 Å². The van der Waals surface area contributed by atoms with Crippen LogP contribution >= 0.6 is 23.2 Å². The monoisotopic (exact) mass is 524 g/mol. The highest BCUT2D eigenvalue weighted by Gasteiger charge is 2.22. The maximum Gasteiger partial charge on any atom is 0.126 e. The van der Waals surface area contributed by atoms with E-state index in [4.69, 9.17) is 33.0 Å². The van der Waals surface area contributed by atoms with Gasteiger partial charge in [0.1, 0.15) is 24.0 Å². The lowest BCUT2D eigenvalue weighted by atomic mass is 10.1. The van der Waals surface area contributed by atoms with Crippen molar-refractivity contribution >= 4 is 28.9 Å². The van der Waals surface area contributed by atoms with Crippen LogP contribution in [0.25, 0.3) is 0 Å². The Labute approximate surface area is 214 Å². The molecule has 2 N–H and O–H groups in total. The van der Waals surface area contributed by atoms with Crippen molar-refractivity contribution in [3.05, 3.63) is 94.0 Å². The van der Waals surface area contributed by atoms with Gasteiger partial charge >= 0.3 is 0 Å². The van der Waals surface area contributed by atoms with Crippen molar-refractivity contribution in [2.75, 3.05) is 50.8 Å². The zero-order valence-electron chi connectivity index (χ0n) is 19.1. The van der Waals surface area contributed by atoms with Gasteiger partial charge in [0.15, 0.2) is 0 Å². The Morgan fingerprint density at radius 1 is 0.886 bits per heavy atom. The molecule has 0 radical (unpaired) electrons. The number of aliphatic hydroxyl groups excluding tert-OH is 2. The summed E-state index contributed by atoms with van der Waals surface area (Å²) in [6, 6.07) is 18.0. The average molecular weight is 525 g/mol. The minimum Gasteiger partial charge on any atom is -0.491 e. The van der Waals surface area contributed by atoms with Gasteiger partial charge in [0.05, 0.1) is 23.4 Å². The molecule has 0 aliphatic carbocycles. The molecule has 1 saturated heterocycles. The summed E-state index contributed by atoms with van der Waals surface area (Å²) in [5, 5.41) is 20.5. The molecule has 1 aliphatic heterocycles. The highest BCUT2D eigenvalue weighted by molar-refractivity contribution is 6.33. The fourth-order valence-electron chi connectivity index (χ4n) is 3.70. The molecule has 5 nitrogen and oxygen atoms in total. The molecule has 9 heteroatoms. The Morgan fingerprint density at radius 3 is 2.09 bits per heavy atom. The fourth-order valence-corrected chi connectivity index (χ4v) is 4.14. The number of aliphatic hydroxyl groups is 2. The first kappa shape index (κ1) is 27.2. The zero-order chi connectivity index (χ0) is 25.2. The predicted molar refractivity (Wildman–Crippen MR) is 135 cm³/mol. The van der Waals surface area contributed by atoms with E-state index >= 15 is 0 Å². The first-order chi connectivity index (χ1) is 16.9. The fraction of sp³-hybridized carbons (Fsp3) is 0.308. The number of halogens is 4. The first-order valence-corrected chi connectivity index (χ1v) is 12.0. The number of rotatable bonds is 7. The lowest BCUT2D eigenvalue weighted by Crippen LogP contribution is -2.47. The summed E-state index contributed by atoms with van der Waals surface area (Å²) < 4.78 is 32.0. The molecule has 0 saturated carbocycles. The molecule has 3 aromatic rings. The molecule has 0 bridgehead atoms. The van der Waals surface area contributed by atoms with E-state index in [0.717, 1.165) is 28.9 Å². The normalized spacial score (nSPS) is 14.7. The molecule has 4 rings (SSSR count). The van der Waals surface area contributed by atoms with E-state index in [-0.39, 0.29) is 18.8 Å². The summed E-state index contributed by atoms with van der Waals surface area (Å²) in [6.45, 7) is 3.25. The minimum atomic E-state index is -0.955. The van der Waals surface area contributed by atoms with E-state index in [1.54, 1.807) is 6.07 Å². The van der Waals surface area contributed by atoms with Crippen LogP contribution < -0.4 is 9.64 Å². The predicted octanol–water partition coefficient (Wildman–Crippen LogP) is 5.18. The van der Waals surface area contributed by atoms with Crippen molar-refractivity contribution in [1.29, 1.82) is 0 Å². The van der Waals surface area contributed by atoms with Gasteiger partial charge in [-0.3, -0.25) is 4.90 Å². The quantitative estimate of drug-likeness (QED) is 0.445. The van der Waals surface area contributed by atoms with Gasteiger partial charge in [0.25, 0.3) is 0 Å². The Hall–Kier alpha value is -2.42. The van der Waals surface area contributed by atoms with E-state index in [9.17, 15) is 13.9 Å². The van der Waals surface area contributed by atoms with Gasteiger partial charge in [0, 0.05) is 49.9 Å². The van der Waals surface area contributed by atoms with E-state index in [1.807, 2.05) is 42.5 Å². The van der Waals surface area contributed by atoms with Crippen molar-refractivity contribution in [2.45, 2.75) is 6.10 Å². The van der Waals surface area contributed by atoms with Crippen molar-refractivity contribution in [1.82, 2.24) is 4.90 Å². The van der Waals surface area contributed by atoms with Crippen LogP contribution in [0.3, 0.4) is 0 Å². The number of piperazine rings is 1. The van der Waals surface area contributed by atoms with Crippen molar-refractivity contribution < 1.29 is 23.7 Å². The van der Waals surface area contributed by atoms with Gasteiger partial charge in [-0.2, -0.15) is 0 Å². The Balaban J connectivity index is 0.000000420. The summed E-state index contributed by atoms with van der Waals surface area (Å²) in [5.41, 5.74) is 1.13. The number of nitrogens with zero attached hydrogens (tertiary/aromatic N) is 2. The second-order valence-electron chi connectivity index (χ2n) is 7.99. The van der Waals surface area contributed by atoms with E-state index in [2.05, 4.69) is 9.80 Å². The van der Waals surface area contributed by atoms with Gasteiger partial charge in [-0.25, -0.2) is 8.78 Å². The number of anilines is 1. The molecule has 35 heavy (non-hydrogen) atoms. The van der Waals surface area contributed by atoms with E-state index in [0.29, 0.717) is 43.5 Å². The standard InChI is InChI=1S/C20H23ClF2N2O3.C6H5Cl/c21-18-12-17(28-8-7-26)1-2-19(18)25-5-3-24(4-6-25)13-20(27)14-9-15(22)11-16(23)10-14;7-6-4-2-1-3-5-6/h1-2,9-12,20,26-27H,3-8,13H2;1-5H/t20-;/m1./s1. The van der Waals surface area contributed by atoms with E-state index in [1.165, 1.54) is 0 Å². The molecule has 1 aliphatic rings. The number of benzene rings is 3. The summed E-state index contributed by atoms with van der Waals surface area (Å²) in [5.74, 6) is -0.785. The molecule has 0 aromatic heterocycles. The Morgan fingerprint density at radius 2 is 1.54 bits per heavy atom. The highest BCUT2D eigenvalue weighted by atomic mass is 35.5. The van der Waals surface area contributed by atoms with Crippen LogP contribution in [0.15, 0.2) is 66.7 Å². The van der Waals surface area contributed by atoms with Gasteiger partial charge < -0.3 is 19.8 Å². The topological polar surface area (TPSA) is 56.2 Å². The van der Waals surface area contributed by atoms with Crippen molar-refractivity contribution in [2.24, 2.45) is 0 Å². The molecule has 3 aromatic carbocycles. The van der Waals surface area contributed by atoms with Crippen LogP contribution in [0.5, 0.6) is 5.75 Å². The second kappa shape index (κ2) is 13.6. The minimum absolute atomic E-state index is 0.0601. The number of hydrogen-bond acceptors (Lipinski definition) is 5. The molecule has 1 fully saturated rings. The Kier molecular flexibility index (Phi) is 10.6. The smallest absolute Gasteiger partial charge is 0.126 e. The van der Waals surface area contributed by atoms with Crippen LogP contribution in [0, 0.1) is 11.6 Å². The van der Waals surface area contributed by atoms with Crippen molar-refractivity contribution in [3.8, 4) is 5.75 Å². The van der Waals surface area contributed by atoms with Gasteiger partial charge in [-0.15, -0.1) is 0 Å². The lowest BCUT2D eigenvalue weighted by Gasteiger charge is -2.37. The second-order valence-corrected chi connectivity index (χ2v) is 8.83. The average Bonchev–Trinajstić information content (AvgIpc) is 2.84. The third-order valence-corrected chi connectivity index (χ3v) is 5.98. The molecule has 0 unspecified atom stereocenters. The molecule has 1 atom stereocenters. The van der Waals surface area contributed by atoms with Crippen LogP contribution in [0.4, 0.5) is 14.5 Å². The third-order valence-electron chi connectivity index (χ3n) is 5.43. The van der Waals surface area contributed by atoms with Crippen LogP contribution in [-0.2, 0) is 0 Å². The van der Waals surface area contributed by atoms with Gasteiger partial charge in [0.2, 0.25) is 0 Å². The molecule has 1 heterocycles. The zero-order valence-corrected chi connectivity index (χ0v) is 20.6. The summed E-state index contributed by atoms with van der Waals surface area (Å²) in [4.78, 5) is 4.19. The number of ether oxygens (including phenoxy) is 1. The van der Waals surface area contributed by atoms with Crippen LogP contribution in [0.2, 0.25) is 10.0 Å². The summed E-state index contributed by atoms with van der Waals surface area (Å²) in [6.07, 6.45) is -0.955. The molecular weight excluding hydrogens is 497 g/mol. The molecule has 0 amide bonds. The summed E-state index contributed by atoms with van der Waals surface area (Å²) >= 11 is 11.9. The number of β-amino-alcohol motifs (C(OH)–C–C–N with tert-alkyl or cyclic N) is 1. The molecule has 0 spiro atoms. The third kappa shape index (κ3) is 8.63. The Bertz CT molecular complexity index is 1050. The molecular formula is C26H28Cl2F2N2O3. The van der Waals surface area contributed by atoms with Gasteiger partial charge in [-0.1, -0.05) is 41.4 Å². The lowest BCUT2D eigenvalue weighted by molar-refractivity contribution is 0.109. The van der Waals surface area contributed by atoms with Gasteiger partial charge in [-0.05, 0) is 42.0 Å². The largest absolute Gasteiger partial charge is 0.491 e. The molecule has 188 valence electrons. The number of hydrogen-bond donors (Lipinski definition) is 2.